The van der Waals surface area contributed by atoms with Gasteiger partial charge in [0.05, 0.1) is 0 Å². The van der Waals surface area contributed by atoms with Gasteiger partial charge in [0.25, 0.3) is 0 Å². The lowest BCUT2D eigenvalue weighted by Crippen LogP contribution is -2.09. The maximum atomic E-state index is 10.5. The molecule has 72 valence electrons. The highest BCUT2D eigenvalue weighted by Crippen LogP contribution is 2.19. The van der Waals surface area contributed by atoms with Crippen molar-refractivity contribution >= 4 is 6.29 Å². The Kier molecular flexibility index (Phi) is 3.30. The van der Waals surface area contributed by atoms with E-state index in [1.165, 1.54) is 0 Å². The van der Waals surface area contributed by atoms with Gasteiger partial charge in [0, 0.05) is 5.56 Å². The fourth-order valence-corrected chi connectivity index (χ4v) is 1.10. The lowest BCUT2D eigenvalue weighted by atomic mass is 10.1. The Labute approximate surface area is 83.9 Å². The summed E-state index contributed by atoms with van der Waals surface area (Å²) in [6, 6.07) is 5.23. The minimum Gasteiger partial charge on any atom is -0.478 e. The first kappa shape index (κ1) is 10.3. The van der Waals surface area contributed by atoms with Crippen LogP contribution in [0.4, 0.5) is 0 Å². The molecule has 2 heteroatoms. The molecule has 0 aliphatic heterocycles. The Morgan fingerprint density at radius 2 is 2.29 bits per heavy atom. The summed E-state index contributed by atoms with van der Waals surface area (Å²) >= 11 is 0. The average Bonchev–Trinajstić information content (AvgIpc) is 2.20. The third-order valence-corrected chi connectivity index (χ3v) is 1.87. The molecule has 0 aliphatic carbocycles. The molecule has 0 heterocycles. The topological polar surface area (TPSA) is 26.3 Å². The monoisotopic (exact) mass is 188 g/mol. The zero-order chi connectivity index (χ0) is 10.6. The summed E-state index contributed by atoms with van der Waals surface area (Å²) in [5.74, 6) is 3.20. The molecular weight excluding hydrogens is 176 g/mol. The molecule has 0 saturated heterocycles. The van der Waals surface area contributed by atoms with Crippen LogP contribution in [-0.2, 0) is 0 Å². The molecule has 1 atom stereocenters. The van der Waals surface area contributed by atoms with E-state index in [0.29, 0.717) is 5.56 Å². The smallest absolute Gasteiger partial charge is 0.156 e. The number of carbonyl (C=O) groups excluding carboxylic acids is 1. The van der Waals surface area contributed by atoms with Gasteiger partial charge in [-0.3, -0.25) is 4.79 Å². The fourth-order valence-electron chi connectivity index (χ4n) is 1.10. The van der Waals surface area contributed by atoms with Gasteiger partial charge < -0.3 is 4.74 Å². The Morgan fingerprint density at radius 1 is 1.57 bits per heavy atom. The Balaban J connectivity index is 2.90. The molecule has 0 saturated carbocycles. The molecule has 0 radical (unpaired) electrons. The largest absolute Gasteiger partial charge is 0.478 e. The van der Waals surface area contributed by atoms with Gasteiger partial charge in [0.15, 0.2) is 6.10 Å². The van der Waals surface area contributed by atoms with Gasteiger partial charge in [0.2, 0.25) is 0 Å². The lowest BCUT2D eigenvalue weighted by molar-refractivity contribution is 0.112. The minimum atomic E-state index is -0.254. The van der Waals surface area contributed by atoms with Crippen LogP contribution < -0.4 is 4.74 Å². The predicted octanol–water partition coefficient (Wildman–Crippen LogP) is 2.21. The van der Waals surface area contributed by atoms with Crippen molar-refractivity contribution in [2.24, 2.45) is 0 Å². The van der Waals surface area contributed by atoms with Crippen LogP contribution in [0.5, 0.6) is 5.75 Å². The number of aldehydes is 1. The van der Waals surface area contributed by atoms with Gasteiger partial charge in [-0.05, 0) is 37.6 Å². The van der Waals surface area contributed by atoms with E-state index in [2.05, 4.69) is 5.92 Å². The average molecular weight is 188 g/mol. The van der Waals surface area contributed by atoms with Gasteiger partial charge >= 0.3 is 0 Å². The molecule has 0 aromatic heterocycles. The van der Waals surface area contributed by atoms with E-state index >= 15 is 0 Å². The number of carbonyl (C=O) groups is 1. The SMILES string of the molecule is C#CC(C)Oc1ccc(C=O)cc1C. The Hall–Kier alpha value is -1.75. The van der Waals surface area contributed by atoms with E-state index in [1.54, 1.807) is 25.1 Å². The maximum Gasteiger partial charge on any atom is 0.156 e. The minimum absolute atomic E-state index is 0.254. The second-order valence-electron chi connectivity index (χ2n) is 3.07. The summed E-state index contributed by atoms with van der Waals surface area (Å²) in [6.45, 7) is 3.68. The summed E-state index contributed by atoms with van der Waals surface area (Å²) in [6.07, 6.45) is 5.75. The van der Waals surface area contributed by atoms with Gasteiger partial charge in [-0.1, -0.05) is 5.92 Å². The third kappa shape index (κ3) is 2.37. The van der Waals surface area contributed by atoms with Crippen LogP contribution in [-0.4, -0.2) is 12.4 Å². The second kappa shape index (κ2) is 4.48. The standard InChI is InChI=1S/C12H12O2/c1-4-10(3)14-12-6-5-11(8-13)7-9(12)2/h1,5-8,10H,2-3H3. The van der Waals surface area contributed by atoms with Crippen LogP contribution in [0.1, 0.15) is 22.8 Å². The number of ether oxygens (including phenoxy) is 1. The van der Waals surface area contributed by atoms with E-state index in [9.17, 15) is 4.79 Å². The van der Waals surface area contributed by atoms with Crippen LogP contribution in [0.3, 0.4) is 0 Å². The Bertz CT molecular complexity index is 374. The predicted molar refractivity (Wildman–Crippen MR) is 55.5 cm³/mol. The molecule has 0 bridgehead atoms. The van der Waals surface area contributed by atoms with Gasteiger partial charge in [-0.15, -0.1) is 6.42 Å². The van der Waals surface area contributed by atoms with E-state index in [1.807, 2.05) is 6.92 Å². The van der Waals surface area contributed by atoms with Crippen molar-refractivity contribution in [3.05, 3.63) is 29.3 Å². The van der Waals surface area contributed by atoms with Crippen LogP contribution in [0.25, 0.3) is 0 Å². The quantitative estimate of drug-likeness (QED) is 0.537. The summed E-state index contributed by atoms with van der Waals surface area (Å²) in [5, 5.41) is 0. The first-order valence-electron chi connectivity index (χ1n) is 4.36. The Morgan fingerprint density at radius 3 is 2.79 bits per heavy atom. The van der Waals surface area contributed by atoms with E-state index < -0.39 is 0 Å². The zero-order valence-electron chi connectivity index (χ0n) is 8.28. The first-order valence-corrected chi connectivity index (χ1v) is 4.36. The van der Waals surface area contributed by atoms with Crippen LogP contribution in [0, 0.1) is 19.3 Å². The first-order chi connectivity index (χ1) is 6.67. The molecule has 1 aromatic rings. The zero-order valence-corrected chi connectivity index (χ0v) is 8.28. The molecule has 1 rings (SSSR count). The fraction of sp³-hybridized carbons (Fsp3) is 0.250. The highest BCUT2D eigenvalue weighted by Gasteiger charge is 2.03. The van der Waals surface area contributed by atoms with Crippen molar-refractivity contribution < 1.29 is 9.53 Å². The molecule has 0 aliphatic rings. The number of hydrogen-bond acceptors (Lipinski definition) is 2. The number of hydrogen-bond donors (Lipinski definition) is 0. The summed E-state index contributed by atoms with van der Waals surface area (Å²) < 4.78 is 5.44. The van der Waals surface area contributed by atoms with Crippen molar-refractivity contribution in [1.82, 2.24) is 0 Å². The van der Waals surface area contributed by atoms with Crippen molar-refractivity contribution in [2.75, 3.05) is 0 Å². The second-order valence-corrected chi connectivity index (χ2v) is 3.07. The number of benzene rings is 1. The van der Waals surface area contributed by atoms with Crippen molar-refractivity contribution in [1.29, 1.82) is 0 Å². The molecule has 0 fully saturated rings. The number of terminal acetylenes is 1. The van der Waals surface area contributed by atoms with Crippen LogP contribution in [0.2, 0.25) is 0 Å². The summed E-state index contributed by atoms with van der Waals surface area (Å²) in [5.41, 5.74) is 1.56. The van der Waals surface area contributed by atoms with Crippen molar-refractivity contribution in [3.63, 3.8) is 0 Å². The summed E-state index contributed by atoms with van der Waals surface area (Å²) in [7, 11) is 0. The van der Waals surface area contributed by atoms with Crippen LogP contribution in [0.15, 0.2) is 18.2 Å². The number of rotatable bonds is 3. The van der Waals surface area contributed by atoms with Gasteiger partial charge in [-0.25, -0.2) is 0 Å². The molecule has 2 nitrogen and oxygen atoms in total. The maximum absolute atomic E-state index is 10.5. The third-order valence-electron chi connectivity index (χ3n) is 1.87. The highest BCUT2D eigenvalue weighted by molar-refractivity contribution is 5.75. The molecule has 0 amide bonds. The van der Waals surface area contributed by atoms with Crippen molar-refractivity contribution in [2.45, 2.75) is 20.0 Å². The van der Waals surface area contributed by atoms with Gasteiger partial charge in [0.1, 0.15) is 12.0 Å². The van der Waals surface area contributed by atoms with E-state index in [0.717, 1.165) is 17.6 Å². The number of aryl methyl sites for hydroxylation is 1. The summed E-state index contributed by atoms with van der Waals surface area (Å²) in [4.78, 5) is 10.5. The molecule has 0 N–H and O–H groups in total. The molecular formula is C12H12O2. The molecule has 1 aromatic carbocycles. The molecule has 1 unspecified atom stereocenters. The molecule has 0 spiro atoms. The normalized spacial score (nSPS) is 11.5. The van der Waals surface area contributed by atoms with Crippen LogP contribution >= 0.6 is 0 Å². The highest BCUT2D eigenvalue weighted by atomic mass is 16.5. The van der Waals surface area contributed by atoms with E-state index in [4.69, 9.17) is 11.2 Å². The van der Waals surface area contributed by atoms with Gasteiger partial charge in [-0.2, -0.15) is 0 Å². The molecule has 14 heavy (non-hydrogen) atoms. The van der Waals surface area contributed by atoms with Crippen molar-refractivity contribution in [3.8, 4) is 18.1 Å². The van der Waals surface area contributed by atoms with E-state index in [-0.39, 0.29) is 6.10 Å². The lowest BCUT2D eigenvalue weighted by Gasteiger charge is -2.11.